The van der Waals surface area contributed by atoms with E-state index in [4.69, 9.17) is 27.9 Å². The predicted octanol–water partition coefficient (Wildman–Crippen LogP) is 4.27. The van der Waals surface area contributed by atoms with Crippen molar-refractivity contribution >= 4 is 56.5 Å². The number of esters is 1. The van der Waals surface area contributed by atoms with Crippen LogP contribution in [0.15, 0.2) is 36.4 Å². The van der Waals surface area contributed by atoms with E-state index in [0.717, 1.165) is 10.6 Å². The Morgan fingerprint density at radius 2 is 1.87 bits per heavy atom. The van der Waals surface area contributed by atoms with Crippen molar-refractivity contribution in [1.29, 1.82) is 0 Å². The van der Waals surface area contributed by atoms with Gasteiger partial charge in [-0.3, -0.25) is 9.10 Å². The number of nitrogens with zero attached hydrogens (tertiary/aromatic N) is 1. The molecule has 1 N–H and O–H groups in total. The van der Waals surface area contributed by atoms with Crippen LogP contribution in [-0.2, 0) is 19.6 Å². The highest BCUT2D eigenvalue weighted by atomic mass is 35.5. The van der Waals surface area contributed by atoms with E-state index in [1.807, 2.05) is 0 Å². The molecule has 2 aromatic rings. The number of amides is 1. The fraction of sp³-hybridized carbons (Fsp3) is 0.300. The van der Waals surface area contributed by atoms with Crippen LogP contribution in [0.25, 0.3) is 0 Å². The quantitative estimate of drug-likeness (QED) is 0.607. The molecule has 30 heavy (non-hydrogen) atoms. The zero-order chi connectivity index (χ0) is 22.6. The van der Waals surface area contributed by atoms with Crippen molar-refractivity contribution in [2.24, 2.45) is 0 Å². The smallest absolute Gasteiger partial charge is 0.338 e. The second-order valence-electron chi connectivity index (χ2n) is 6.52. The lowest BCUT2D eigenvalue weighted by Gasteiger charge is -2.29. The first kappa shape index (κ1) is 24.0. The Kier molecular flexibility index (Phi) is 7.74. The predicted molar refractivity (Wildman–Crippen MR) is 119 cm³/mol. The number of anilines is 2. The summed E-state index contributed by atoms with van der Waals surface area (Å²) in [5.41, 5.74) is 1.26. The van der Waals surface area contributed by atoms with Crippen molar-refractivity contribution in [1.82, 2.24) is 0 Å². The number of benzene rings is 2. The Balaban J connectivity index is 2.39. The van der Waals surface area contributed by atoms with Crippen molar-refractivity contribution in [2.75, 3.05) is 22.5 Å². The molecule has 0 aliphatic rings. The minimum Gasteiger partial charge on any atom is -0.462 e. The van der Waals surface area contributed by atoms with Crippen molar-refractivity contribution in [2.45, 2.75) is 26.8 Å². The van der Waals surface area contributed by atoms with Crippen molar-refractivity contribution < 1.29 is 22.7 Å². The van der Waals surface area contributed by atoms with Crippen LogP contribution in [0.5, 0.6) is 0 Å². The summed E-state index contributed by atoms with van der Waals surface area (Å²) in [5.74, 6) is -1.12. The number of hydrogen-bond donors (Lipinski definition) is 1. The molecule has 1 atom stereocenters. The SMILES string of the molecule is CCOC(=O)c1cccc(NC(=O)C(C)N(c2cc(Cl)ccc2Cl)S(C)(=O)=O)c1C. The van der Waals surface area contributed by atoms with Gasteiger partial charge in [-0.1, -0.05) is 29.3 Å². The summed E-state index contributed by atoms with van der Waals surface area (Å²) in [6.07, 6.45) is 0.973. The summed E-state index contributed by atoms with van der Waals surface area (Å²) in [6, 6.07) is 7.99. The van der Waals surface area contributed by atoms with E-state index < -0.39 is 27.9 Å². The third kappa shape index (κ3) is 5.44. The number of hydrogen-bond acceptors (Lipinski definition) is 5. The molecule has 7 nitrogen and oxygen atoms in total. The van der Waals surface area contributed by atoms with Crippen LogP contribution >= 0.6 is 23.2 Å². The first-order chi connectivity index (χ1) is 14.0. The van der Waals surface area contributed by atoms with Crippen molar-refractivity contribution in [3.63, 3.8) is 0 Å². The molecule has 0 spiro atoms. The number of rotatable bonds is 7. The molecule has 0 radical (unpaired) electrons. The van der Waals surface area contributed by atoms with Gasteiger partial charge in [-0.25, -0.2) is 13.2 Å². The van der Waals surface area contributed by atoms with Crippen molar-refractivity contribution in [3.05, 3.63) is 57.6 Å². The normalized spacial score (nSPS) is 12.2. The van der Waals surface area contributed by atoms with E-state index in [0.29, 0.717) is 16.8 Å². The van der Waals surface area contributed by atoms with E-state index in [9.17, 15) is 18.0 Å². The number of carbonyl (C=O) groups excluding carboxylic acids is 2. The molecular formula is C20H22Cl2N2O5S. The average Bonchev–Trinajstić information content (AvgIpc) is 2.65. The molecule has 10 heteroatoms. The molecule has 0 bridgehead atoms. The maximum atomic E-state index is 12.9. The van der Waals surface area contributed by atoms with Gasteiger partial charge in [-0.2, -0.15) is 0 Å². The van der Waals surface area contributed by atoms with Crippen LogP contribution in [0, 0.1) is 6.92 Å². The zero-order valence-electron chi connectivity index (χ0n) is 16.9. The molecule has 0 saturated carbocycles. The van der Waals surface area contributed by atoms with Gasteiger partial charge < -0.3 is 10.1 Å². The van der Waals surface area contributed by atoms with Crippen LogP contribution in [0.2, 0.25) is 10.0 Å². The second-order valence-corrected chi connectivity index (χ2v) is 9.22. The standard InChI is InChI=1S/C20H22Cl2N2O5S/c1-5-29-20(26)15-7-6-8-17(12(15)2)23-19(25)13(3)24(30(4,27)28)18-11-14(21)9-10-16(18)22/h6-11,13H,5H2,1-4H3,(H,23,25). The largest absolute Gasteiger partial charge is 0.462 e. The molecule has 2 rings (SSSR count). The Bertz CT molecular complexity index is 1070. The van der Waals surface area contributed by atoms with E-state index in [2.05, 4.69) is 5.32 Å². The molecule has 0 aliphatic carbocycles. The van der Waals surface area contributed by atoms with E-state index in [1.165, 1.54) is 25.1 Å². The summed E-state index contributed by atoms with van der Waals surface area (Å²) in [5, 5.41) is 3.08. The Labute approximate surface area is 186 Å². The minimum absolute atomic E-state index is 0.0892. The van der Waals surface area contributed by atoms with E-state index in [1.54, 1.807) is 32.0 Å². The number of carbonyl (C=O) groups is 2. The van der Waals surface area contributed by atoms with Gasteiger partial charge in [-0.05, 0) is 56.7 Å². The summed E-state index contributed by atoms with van der Waals surface area (Å²) >= 11 is 12.2. The van der Waals surface area contributed by atoms with Crippen LogP contribution in [0.4, 0.5) is 11.4 Å². The van der Waals surface area contributed by atoms with Gasteiger partial charge in [0.15, 0.2) is 0 Å². The van der Waals surface area contributed by atoms with Gasteiger partial charge >= 0.3 is 5.97 Å². The average molecular weight is 473 g/mol. The van der Waals surface area contributed by atoms with E-state index >= 15 is 0 Å². The highest BCUT2D eigenvalue weighted by Crippen LogP contribution is 2.32. The van der Waals surface area contributed by atoms with Crippen molar-refractivity contribution in [3.8, 4) is 0 Å². The molecule has 0 heterocycles. The second kappa shape index (κ2) is 9.68. The van der Waals surface area contributed by atoms with Crippen LogP contribution in [0.3, 0.4) is 0 Å². The molecule has 0 aliphatic heterocycles. The van der Waals surface area contributed by atoms with Crippen LogP contribution in [-0.4, -0.2) is 39.2 Å². The molecule has 0 saturated heterocycles. The third-order valence-electron chi connectivity index (χ3n) is 4.32. The number of halogens is 2. The Morgan fingerprint density at radius 3 is 2.47 bits per heavy atom. The molecule has 1 unspecified atom stereocenters. The number of ether oxygens (including phenoxy) is 1. The monoisotopic (exact) mass is 472 g/mol. The molecular weight excluding hydrogens is 451 g/mol. The first-order valence-corrected chi connectivity index (χ1v) is 11.6. The minimum atomic E-state index is -3.88. The van der Waals surface area contributed by atoms with Gasteiger partial charge in [0.1, 0.15) is 6.04 Å². The van der Waals surface area contributed by atoms with Gasteiger partial charge in [0, 0.05) is 10.7 Å². The summed E-state index contributed by atoms with van der Waals surface area (Å²) in [7, 11) is -3.88. The van der Waals surface area contributed by atoms with Crippen LogP contribution in [0.1, 0.15) is 29.8 Å². The topological polar surface area (TPSA) is 92.8 Å². The Morgan fingerprint density at radius 1 is 1.20 bits per heavy atom. The fourth-order valence-electron chi connectivity index (χ4n) is 2.87. The summed E-state index contributed by atoms with van der Waals surface area (Å²) in [6.45, 7) is 5.00. The van der Waals surface area contributed by atoms with E-state index in [-0.39, 0.29) is 22.3 Å². The lowest BCUT2D eigenvalue weighted by molar-refractivity contribution is -0.116. The third-order valence-corrected chi connectivity index (χ3v) is 6.10. The molecule has 2 aromatic carbocycles. The van der Waals surface area contributed by atoms with Gasteiger partial charge in [0.05, 0.1) is 29.1 Å². The molecule has 0 aromatic heterocycles. The maximum Gasteiger partial charge on any atom is 0.338 e. The first-order valence-electron chi connectivity index (χ1n) is 8.99. The highest BCUT2D eigenvalue weighted by Gasteiger charge is 2.31. The fourth-order valence-corrected chi connectivity index (χ4v) is 4.48. The van der Waals surface area contributed by atoms with Gasteiger partial charge in [-0.15, -0.1) is 0 Å². The van der Waals surface area contributed by atoms with Crippen LogP contribution < -0.4 is 9.62 Å². The summed E-state index contributed by atoms with van der Waals surface area (Å²) in [4.78, 5) is 25.0. The number of nitrogens with one attached hydrogen (secondary N) is 1. The van der Waals surface area contributed by atoms with Gasteiger partial charge in [0.25, 0.3) is 0 Å². The maximum absolute atomic E-state index is 12.9. The molecule has 0 fully saturated rings. The zero-order valence-corrected chi connectivity index (χ0v) is 19.2. The molecule has 1 amide bonds. The number of sulfonamides is 1. The van der Waals surface area contributed by atoms with Gasteiger partial charge in [0.2, 0.25) is 15.9 Å². The lowest BCUT2D eigenvalue weighted by atomic mass is 10.1. The lowest BCUT2D eigenvalue weighted by Crippen LogP contribution is -2.45. The molecule has 162 valence electrons. The summed E-state index contributed by atoms with van der Waals surface area (Å²) < 4.78 is 30.8. The Hall–Kier alpha value is -2.29. The highest BCUT2D eigenvalue weighted by molar-refractivity contribution is 7.92.